The number of carbonyl (C=O) groups excluding carboxylic acids is 2. The number of benzene rings is 2. The molecule has 1 aliphatic rings. The van der Waals surface area contributed by atoms with E-state index < -0.39 is 12.0 Å². The molecule has 8 heteroatoms. The SMILES string of the molecule is CCCCOc1ccc(/C=C2\SC(=S)N(C(C(=O)OC)c3ccccc3)C2=O)cc1OC. The summed E-state index contributed by atoms with van der Waals surface area (Å²) in [6.07, 6.45) is 3.73. The van der Waals surface area contributed by atoms with Crippen molar-refractivity contribution in [3.05, 3.63) is 64.6 Å². The van der Waals surface area contributed by atoms with Crippen LogP contribution in [0, 0.1) is 0 Å². The number of ether oxygens (including phenoxy) is 3. The number of amides is 1. The molecule has 1 aliphatic heterocycles. The molecule has 3 rings (SSSR count). The Balaban J connectivity index is 1.88. The van der Waals surface area contributed by atoms with Gasteiger partial charge in [0.2, 0.25) is 0 Å². The van der Waals surface area contributed by atoms with Crippen molar-refractivity contribution in [1.29, 1.82) is 0 Å². The van der Waals surface area contributed by atoms with Crippen molar-refractivity contribution in [3.8, 4) is 11.5 Å². The number of methoxy groups -OCH3 is 2. The Labute approximate surface area is 197 Å². The van der Waals surface area contributed by atoms with Crippen LogP contribution in [0.15, 0.2) is 53.4 Å². The van der Waals surface area contributed by atoms with Crippen LogP contribution in [0.4, 0.5) is 0 Å². The first-order valence-corrected chi connectivity index (χ1v) is 11.4. The molecule has 6 nitrogen and oxygen atoms in total. The van der Waals surface area contributed by atoms with E-state index in [4.69, 9.17) is 26.4 Å². The van der Waals surface area contributed by atoms with Crippen LogP contribution in [0.1, 0.15) is 36.9 Å². The number of unbranched alkanes of at least 4 members (excludes halogenated alkanes) is 1. The van der Waals surface area contributed by atoms with Gasteiger partial charge in [0.25, 0.3) is 5.91 Å². The van der Waals surface area contributed by atoms with Gasteiger partial charge in [-0.05, 0) is 35.8 Å². The zero-order valence-electron chi connectivity index (χ0n) is 18.2. The summed E-state index contributed by atoms with van der Waals surface area (Å²) in [6, 6.07) is 13.5. The standard InChI is InChI=1S/C24H25NO5S2/c1-4-5-13-30-18-12-11-16(14-19(18)28-2)15-20-22(26)25(24(31)32-20)21(23(27)29-3)17-9-7-6-8-10-17/h6-12,14-15,21H,4-5,13H2,1-3H3/b20-15-. The Kier molecular flexibility index (Phi) is 8.30. The fraction of sp³-hybridized carbons (Fsp3) is 0.292. The quantitative estimate of drug-likeness (QED) is 0.221. The maximum Gasteiger partial charge on any atom is 0.333 e. The van der Waals surface area contributed by atoms with E-state index in [0.717, 1.165) is 30.2 Å². The highest BCUT2D eigenvalue weighted by molar-refractivity contribution is 8.26. The van der Waals surface area contributed by atoms with Crippen molar-refractivity contribution in [2.24, 2.45) is 0 Å². The molecule has 0 aliphatic carbocycles. The van der Waals surface area contributed by atoms with Crippen molar-refractivity contribution in [3.63, 3.8) is 0 Å². The Morgan fingerprint density at radius 3 is 2.56 bits per heavy atom. The summed E-state index contributed by atoms with van der Waals surface area (Å²) in [5.74, 6) is 0.341. The highest BCUT2D eigenvalue weighted by atomic mass is 32.2. The second-order valence-electron chi connectivity index (χ2n) is 7.00. The van der Waals surface area contributed by atoms with Gasteiger partial charge in [0.15, 0.2) is 17.5 Å². The third-order valence-corrected chi connectivity index (χ3v) is 6.19. The zero-order valence-corrected chi connectivity index (χ0v) is 19.8. The van der Waals surface area contributed by atoms with Gasteiger partial charge in [-0.25, -0.2) is 4.79 Å². The number of hydrogen-bond acceptors (Lipinski definition) is 7. The molecule has 1 atom stereocenters. The van der Waals surface area contributed by atoms with Crippen molar-refractivity contribution in [2.75, 3.05) is 20.8 Å². The van der Waals surface area contributed by atoms with Crippen molar-refractivity contribution in [1.82, 2.24) is 4.90 Å². The van der Waals surface area contributed by atoms with Gasteiger partial charge in [-0.3, -0.25) is 9.69 Å². The van der Waals surface area contributed by atoms with Gasteiger partial charge in [-0.2, -0.15) is 0 Å². The fourth-order valence-corrected chi connectivity index (χ4v) is 4.52. The zero-order chi connectivity index (χ0) is 23.1. The van der Waals surface area contributed by atoms with E-state index in [1.165, 1.54) is 12.0 Å². The molecule has 0 spiro atoms. The third-order valence-electron chi connectivity index (χ3n) is 4.86. The number of carbonyl (C=O) groups is 2. The number of hydrogen-bond donors (Lipinski definition) is 0. The predicted octanol–water partition coefficient (Wildman–Crippen LogP) is 4.99. The molecule has 168 valence electrons. The number of rotatable bonds is 9. The average Bonchev–Trinajstić information content (AvgIpc) is 3.08. The Bertz CT molecular complexity index is 1020. The monoisotopic (exact) mass is 471 g/mol. The predicted molar refractivity (Wildman–Crippen MR) is 130 cm³/mol. The van der Waals surface area contributed by atoms with Gasteiger partial charge in [-0.1, -0.05) is 73.7 Å². The second-order valence-corrected chi connectivity index (χ2v) is 8.68. The van der Waals surface area contributed by atoms with Gasteiger partial charge in [0.1, 0.15) is 4.32 Å². The molecule has 32 heavy (non-hydrogen) atoms. The molecule has 1 heterocycles. The third kappa shape index (κ3) is 5.31. The lowest BCUT2D eigenvalue weighted by molar-refractivity contribution is -0.148. The highest BCUT2D eigenvalue weighted by Gasteiger charge is 2.41. The van der Waals surface area contributed by atoms with Crippen LogP contribution in [-0.4, -0.2) is 41.9 Å². The molecule has 0 aromatic heterocycles. The fourth-order valence-electron chi connectivity index (χ4n) is 3.21. The Morgan fingerprint density at radius 2 is 1.91 bits per heavy atom. The molecule has 0 radical (unpaired) electrons. The Morgan fingerprint density at radius 1 is 1.16 bits per heavy atom. The molecule has 0 N–H and O–H groups in total. The summed E-state index contributed by atoms with van der Waals surface area (Å²) in [7, 11) is 2.87. The van der Waals surface area contributed by atoms with E-state index in [1.807, 2.05) is 24.3 Å². The minimum absolute atomic E-state index is 0.298. The van der Waals surface area contributed by atoms with Crippen molar-refractivity contribution < 1.29 is 23.8 Å². The first-order valence-electron chi connectivity index (χ1n) is 10.2. The van der Waals surface area contributed by atoms with Crippen LogP contribution >= 0.6 is 24.0 Å². The minimum Gasteiger partial charge on any atom is -0.493 e. The van der Waals surface area contributed by atoms with Crippen LogP contribution in [0.2, 0.25) is 0 Å². The van der Waals surface area contributed by atoms with Gasteiger partial charge in [-0.15, -0.1) is 0 Å². The molecule has 2 aromatic carbocycles. The van der Waals surface area contributed by atoms with Crippen LogP contribution in [0.5, 0.6) is 11.5 Å². The summed E-state index contributed by atoms with van der Waals surface area (Å²) in [5.41, 5.74) is 1.40. The maximum absolute atomic E-state index is 13.2. The summed E-state index contributed by atoms with van der Waals surface area (Å²) in [4.78, 5) is 27.5. The smallest absolute Gasteiger partial charge is 0.333 e. The van der Waals surface area contributed by atoms with E-state index in [2.05, 4.69) is 6.92 Å². The maximum atomic E-state index is 13.2. The van der Waals surface area contributed by atoms with Crippen molar-refractivity contribution >= 4 is 46.3 Å². The molecule has 1 unspecified atom stereocenters. The first kappa shape index (κ1) is 23.8. The van der Waals surface area contributed by atoms with Crippen LogP contribution < -0.4 is 9.47 Å². The number of thioether (sulfide) groups is 1. The van der Waals surface area contributed by atoms with Crippen LogP contribution in [0.3, 0.4) is 0 Å². The summed E-state index contributed by atoms with van der Waals surface area (Å²) in [6.45, 7) is 2.71. The molecule has 1 saturated heterocycles. The van der Waals surface area contributed by atoms with E-state index >= 15 is 0 Å². The summed E-state index contributed by atoms with van der Waals surface area (Å²) < 4.78 is 16.5. The highest BCUT2D eigenvalue weighted by Crippen LogP contribution is 2.39. The largest absolute Gasteiger partial charge is 0.493 e. The van der Waals surface area contributed by atoms with Gasteiger partial charge >= 0.3 is 5.97 Å². The lowest BCUT2D eigenvalue weighted by atomic mass is 10.1. The molecule has 1 fully saturated rings. The normalized spacial score (nSPS) is 15.7. The van der Waals surface area contributed by atoms with E-state index in [1.54, 1.807) is 37.5 Å². The second kappa shape index (κ2) is 11.2. The summed E-state index contributed by atoms with van der Waals surface area (Å²) in [5, 5.41) is 0. The lowest BCUT2D eigenvalue weighted by Crippen LogP contribution is -2.37. The molecule has 1 amide bonds. The number of nitrogens with zero attached hydrogens (tertiary/aromatic N) is 1. The van der Waals surface area contributed by atoms with Crippen LogP contribution in [0.25, 0.3) is 6.08 Å². The van der Waals surface area contributed by atoms with Crippen molar-refractivity contribution in [2.45, 2.75) is 25.8 Å². The topological polar surface area (TPSA) is 65.1 Å². The first-order chi connectivity index (χ1) is 15.5. The summed E-state index contributed by atoms with van der Waals surface area (Å²) >= 11 is 6.61. The Hall–Kier alpha value is -2.84. The van der Waals surface area contributed by atoms with E-state index in [-0.39, 0.29) is 5.91 Å². The molecular weight excluding hydrogens is 446 g/mol. The van der Waals surface area contributed by atoms with E-state index in [9.17, 15) is 9.59 Å². The molecule has 0 saturated carbocycles. The molecule has 0 bridgehead atoms. The van der Waals surface area contributed by atoms with E-state index in [0.29, 0.717) is 32.9 Å². The molecule has 2 aromatic rings. The lowest BCUT2D eigenvalue weighted by Gasteiger charge is -2.24. The molecular formula is C24H25NO5S2. The van der Waals surface area contributed by atoms with Gasteiger partial charge < -0.3 is 14.2 Å². The number of thiocarbonyl (C=S) groups is 1. The minimum atomic E-state index is -0.941. The van der Waals surface area contributed by atoms with Gasteiger partial charge in [0, 0.05) is 0 Å². The van der Waals surface area contributed by atoms with Crippen LogP contribution in [-0.2, 0) is 14.3 Å². The van der Waals surface area contributed by atoms with Gasteiger partial charge in [0.05, 0.1) is 25.7 Å². The average molecular weight is 472 g/mol. The number of esters is 1.